The van der Waals surface area contributed by atoms with Crippen LogP contribution < -0.4 is 4.74 Å². The van der Waals surface area contributed by atoms with E-state index in [1.54, 1.807) is 0 Å². The molecule has 3 rings (SSSR count). The number of rotatable bonds is 4. The van der Waals surface area contributed by atoms with Crippen LogP contribution in [0.4, 0.5) is 22.0 Å². The van der Waals surface area contributed by atoms with Crippen LogP contribution in [0.2, 0.25) is 0 Å². The van der Waals surface area contributed by atoms with Gasteiger partial charge in [-0.1, -0.05) is 6.92 Å². The zero-order chi connectivity index (χ0) is 18.9. The summed E-state index contributed by atoms with van der Waals surface area (Å²) in [6.45, 7) is 3.18. The third-order valence-electron chi connectivity index (χ3n) is 4.93. The Balaban J connectivity index is 1.57. The highest BCUT2D eigenvalue weighted by atomic mass is 19.3. The molecule has 3 nitrogen and oxygen atoms in total. The average Bonchev–Trinajstić information content (AvgIpc) is 2.60. The molecule has 8 heteroatoms. The van der Waals surface area contributed by atoms with Crippen molar-refractivity contribution in [2.24, 2.45) is 17.8 Å². The first kappa shape index (κ1) is 19.4. The smallest absolute Gasteiger partial charge is 0.400 e. The first-order chi connectivity index (χ1) is 12.3. The maximum Gasteiger partial charge on any atom is 0.400 e. The molecule has 0 aromatic heterocycles. The fourth-order valence-corrected chi connectivity index (χ4v) is 3.45. The second kappa shape index (κ2) is 7.68. The third-order valence-corrected chi connectivity index (χ3v) is 4.93. The van der Waals surface area contributed by atoms with E-state index in [9.17, 15) is 22.0 Å². The van der Waals surface area contributed by atoms with E-state index in [-0.39, 0.29) is 25.0 Å². The molecule has 0 N–H and O–H groups in total. The Labute approximate surface area is 148 Å². The number of hydrogen-bond acceptors (Lipinski definition) is 3. The van der Waals surface area contributed by atoms with Crippen molar-refractivity contribution in [2.45, 2.75) is 45.0 Å². The Morgan fingerprint density at radius 1 is 0.962 bits per heavy atom. The summed E-state index contributed by atoms with van der Waals surface area (Å²) in [6.07, 6.45) is -2.68. The Morgan fingerprint density at radius 2 is 1.50 bits per heavy atom. The molecular weight excluding hydrogens is 359 g/mol. The lowest BCUT2D eigenvalue weighted by molar-refractivity contribution is -0.246. The summed E-state index contributed by atoms with van der Waals surface area (Å²) in [4.78, 5) is 0. The molecule has 2 aliphatic rings. The van der Waals surface area contributed by atoms with Crippen molar-refractivity contribution < 1.29 is 36.2 Å². The molecule has 0 spiro atoms. The summed E-state index contributed by atoms with van der Waals surface area (Å²) in [7, 11) is 0. The largest absolute Gasteiger partial charge is 0.432 e. The van der Waals surface area contributed by atoms with Crippen molar-refractivity contribution in [1.29, 1.82) is 0 Å². The van der Waals surface area contributed by atoms with E-state index in [0.717, 1.165) is 0 Å². The van der Waals surface area contributed by atoms with Gasteiger partial charge < -0.3 is 14.2 Å². The lowest BCUT2D eigenvalue weighted by Crippen LogP contribution is -2.41. The van der Waals surface area contributed by atoms with Crippen molar-refractivity contribution in [3.8, 4) is 5.75 Å². The molecule has 146 valence electrons. The van der Waals surface area contributed by atoms with Gasteiger partial charge in [0.15, 0.2) is 23.7 Å². The predicted molar refractivity (Wildman–Crippen MR) is 82.2 cm³/mol. The van der Waals surface area contributed by atoms with Crippen molar-refractivity contribution in [3.63, 3.8) is 0 Å². The van der Waals surface area contributed by atoms with Gasteiger partial charge in [-0.05, 0) is 25.7 Å². The summed E-state index contributed by atoms with van der Waals surface area (Å²) in [6, 6.07) is 0.839. The van der Waals surface area contributed by atoms with Crippen molar-refractivity contribution in [3.05, 3.63) is 29.6 Å². The van der Waals surface area contributed by atoms with Gasteiger partial charge in [-0.2, -0.15) is 8.78 Å². The molecule has 1 aliphatic heterocycles. The summed E-state index contributed by atoms with van der Waals surface area (Å²) in [5.41, 5.74) is 0. The lowest BCUT2D eigenvalue weighted by atomic mass is 9.81. The minimum absolute atomic E-state index is 0.0373. The van der Waals surface area contributed by atoms with Crippen LogP contribution in [0, 0.1) is 35.2 Å². The first-order valence-corrected chi connectivity index (χ1v) is 8.71. The van der Waals surface area contributed by atoms with E-state index in [1.807, 2.05) is 6.92 Å². The van der Waals surface area contributed by atoms with Crippen molar-refractivity contribution >= 4 is 0 Å². The first-order valence-electron chi connectivity index (χ1n) is 8.71. The molecule has 1 aromatic rings. The van der Waals surface area contributed by atoms with Crippen LogP contribution in [0.15, 0.2) is 12.1 Å². The number of ether oxygens (including phenoxy) is 3. The molecule has 0 unspecified atom stereocenters. The Kier molecular flexibility index (Phi) is 5.72. The molecule has 2 fully saturated rings. The maximum absolute atomic E-state index is 14.4. The van der Waals surface area contributed by atoms with E-state index >= 15 is 0 Å². The zero-order valence-corrected chi connectivity index (χ0v) is 14.3. The fraction of sp³-hybridized carbons (Fsp3) is 0.667. The van der Waals surface area contributed by atoms with Crippen LogP contribution in [0.25, 0.3) is 0 Å². The molecular formula is C18H21F5O3. The predicted octanol–water partition coefficient (Wildman–Crippen LogP) is 4.89. The highest BCUT2D eigenvalue weighted by molar-refractivity contribution is 5.25. The van der Waals surface area contributed by atoms with Gasteiger partial charge in [-0.3, -0.25) is 0 Å². The SMILES string of the molecule is CC1COC(C2CCC(C(F)(F)Oc3cc(F)c(F)c(F)c3)CC2)OC1. The molecule has 1 saturated carbocycles. The quantitative estimate of drug-likeness (QED) is 0.550. The molecule has 1 aliphatic carbocycles. The monoisotopic (exact) mass is 380 g/mol. The number of benzene rings is 1. The molecule has 26 heavy (non-hydrogen) atoms. The van der Waals surface area contributed by atoms with Crippen LogP contribution >= 0.6 is 0 Å². The summed E-state index contributed by atoms with van der Waals surface area (Å²) >= 11 is 0. The Hall–Kier alpha value is -1.41. The molecule has 0 atom stereocenters. The molecule has 1 aromatic carbocycles. The van der Waals surface area contributed by atoms with Gasteiger partial charge in [0, 0.05) is 24.0 Å². The van der Waals surface area contributed by atoms with E-state index in [0.29, 0.717) is 44.1 Å². The van der Waals surface area contributed by atoms with Gasteiger partial charge >= 0.3 is 6.11 Å². The Bertz CT molecular complexity index is 600. The molecule has 0 amide bonds. The number of hydrogen-bond donors (Lipinski definition) is 0. The fourth-order valence-electron chi connectivity index (χ4n) is 3.45. The Morgan fingerprint density at radius 3 is 2.04 bits per heavy atom. The lowest BCUT2D eigenvalue weighted by Gasteiger charge is -2.38. The summed E-state index contributed by atoms with van der Waals surface area (Å²) < 4.78 is 83.7. The average molecular weight is 380 g/mol. The van der Waals surface area contributed by atoms with E-state index in [4.69, 9.17) is 9.47 Å². The third kappa shape index (κ3) is 4.28. The van der Waals surface area contributed by atoms with Gasteiger partial charge in [0.05, 0.1) is 19.1 Å². The molecule has 1 saturated heterocycles. The van der Waals surface area contributed by atoms with Crippen molar-refractivity contribution in [2.75, 3.05) is 13.2 Å². The highest BCUT2D eigenvalue weighted by Crippen LogP contribution is 2.42. The second-order valence-electron chi connectivity index (χ2n) is 7.12. The number of halogens is 5. The zero-order valence-electron chi connectivity index (χ0n) is 14.3. The summed E-state index contributed by atoms with van der Waals surface area (Å²) in [5.74, 6) is -6.34. The molecule has 0 bridgehead atoms. The van der Waals surface area contributed by atoms with Gasteiger partial charge in [0.25, 0.3) is 0 Å². The van der Waals surface area contributed by atoms with Crippen LogP contribution in [0.5, 0.6) is 5.75 Å². The van der Waals surface area contributed by atoms with Gasteiger partial charge in [0.1, 0.15) is 5.75 Å². The van der Waals surface area contributed by atoms with E-state index < -0.39 is 35.2 Å². The van der Waals surface area contributed by atoms with Crippen LogP contribution in [-0.2, 0) is 9.47 Å². The van der Waals surface area contributed by atoms with E-state index in [1.165, 1.54) is 0 Å². The highest BCUT2D eigenvalue weighted by Gasteiger charge is 2.45. The van der Waals surface area contributed by atoms with Gasteiger partial charge in [-0.15, -0.1) is 0 Å². The molecule has 1 heterocycles. The normalized spacial score (nSPS) is 30.2. The minimum Gasteiger partial charge on any atom is -0.432 e. The summed E-state index contributed by atoms with van der Waals surface area (Å²) in [5, 5.41) is 0. The van der Waals surface area contributed by atoms with E-state index in [2.05, 4.69) is 4.74 Å². The van der Waals surface area contributed by atoms with Gasteiger partial charge in [-0.25, -0.2) is 13.2 Å². The standard InChI is InChI=1S/C18H21F5O3/c1-10-8-24-17(25-9-10)11-2-4-12(5-3-11)18(22,23)26-13-6-14(19)16(21)15(20)7-13/h6-7,10-12,17H,2-5,8-9H2,1H3. The molecule has 0 radical (unpaired) electrons. The van der Waals surface area contributed by atoms with Crippen LogP contribution in [-0.4, -0.2) is 25.6 Å². The minimum atomic E-state index is -3.61. The topological polar surface area (TPSA) is 27.7 Å². The van der Waals surface area contributed by atoms with Gasteiger partial charge in [0.2, 0.25) is 0 Å². The second-order valence-corrected chi connectivity index (χ2v) is 7.12. The number of alkyl halides is 2. The maximum atomic E-state index is 14.4. The van der Waals surface area contributed by atoms with Crippen molar-refractivity contribution in [1.82, 2.24) is 0 Å². The van der Waals surface area contributed by atoms with Crippen LogP contribution in [0.1, 0.15) is 32.6 Å². The van der Waals surface area contributed by atoms with Crippen LogP contribution in [0.3, 0.4) is 0 Å².